The van der Waals surface area contributed by atoms with E-state index >= 15 is 0 Å². The zero-order valence-electron chi connectivity index (χ0n) is 14.1. The summed E-state index contributed by atoms with van der Waals surface area (Å²) < 4.78 is 14.5. The van der Waals surface area contributed by atoms with Gasteiger partial charge >= 0.3 is 12.2 Å². The Morgan fingerprint density at radius 2 is 1.96 bits per heavy atom. The maximum absolute atomic E-state index is 11.4. The lowest BCUT2D eigenvalue weighted by molar-refractivity contribution is 0.0596. The van der Waals surface area contributed by atoms with Crippen molar-refractivity contribution >= 4 is 17.9 Å². The molecule has 0 bridgehead atoms. The van der Waals surface area contributed by atoms with E-state index in [1.165, 1.54) is 14.2 Å². The van der Waals surface area contributed by atoms with Crippen molar-refractivity contribution in [2.45, 2.75) is 5.41 Å². The highest BCUT2D eigenvalue weighted by atomic mass is 16.7. The summed E-state index contributed by atoms with van der Waals surface area (Å²) in [6.07, 6.45) is -1.18. The van der Waals surface area contributed by atoms with Crippen molar-refractivity contribution in [3.63, 3.8) is 0 Å². The summed E-state index contributed by atoms with van der Waals surface area (Å²) >= 11 is 0. The topological polar surface area (TPSA) is 77.1 Å². The average Bonchev–Trinajstić information content (AvgIpc) is 2.97. The van der Waals surface area contributed by atoms with Crippen LogP contribution in [-0.4, -0.2) is 58.1 Å². The van der Waals surface area contributed by atoms with Crippen LogP contribution in [0.25, 0.3) is 0 Å². The number of benzene rings is 1. The van der Waals surface area contributed by atoms with E-state index in [0.29, 0.717) is 17.5 Å². The molecule has 0 spiro atoms. The highest BCUT2D eigenvalue weighted by molar-refractivity contribution is 5.84. The molecule has 0 radical (unpaired) electrons. The third-order valence-corrected chi connectivity index (χ3v) is 5.14. The maximum Gasteiger partial charge on any atom is 0.508 e. The van der Waals surface area contributed by atoms with Crippen LogP contribution in [0.5, 0.6) is 0 Å². The first-order valence-corrected chi connectivity index (χ1v) is 7.86. The van der Waals surface area contributed by atoms with Gasteiger partial charge in [0.25, 0.3) is 0 Å². The van der Waals surface area contributed by atoms with E-state index in [1.807, 2.05) is 18.2 Å². The largest absolute Gasteiger partial charge is 0.508 e. The molecule has 3 rings (SSSR count). The van der Waals surface area contributed by atoms with Crippen LogP contribution in [-0.2, 0) is 19.6 Å². The molecule has 2 fully saturated rings. The van der Waals surface area contributed by atoms with Crippen LogP contribution in [0, 0.1) is 11.8 Å². The van der Waals surface area contributed by atoms with Gasteiger partial charge in [-0.25, -0.2) is 9.59 Å². The Hall–Kier alpha value is -2.28. The molecule has 1 aromatic carbocycles. The summed E-state index contributed by atoms with van der Waals surface area (Å²) in [6, 6.07) is 7.63. The molecule has 7 heteroatoms. The molecular formula is C17H22N2O5. The third-order valence-electron chi connectivity index (χ3n) is 5.14. The van der Waals surface area contributed by atoms with Gasteiger partial charge in [0.1, 0.15) is 6.61 Å². The van der Waals surface area contributed by atoms with Gasteiger partial charge in [0.05, 0.1) is 14.2 Å². The fourth-order valence-corrected chi connectivity index (χ4v) is 3.95. The van der Waals surface area contributed by atoms with E-state index in [1.54, 1.807) is 6.07 Å². The van der Waals surface area contributed by atoms with E-state index in [-0.39, 0.29) is 12.0 Å². The molecule has 2 unspecified atom stereocenters. The van der Waals surface area contributed by atoms with E-state index in [9.17, 15) is 9.59 Å². The Morgan fingerprint density at radius 3 is 2.58 bits per heavy atom. The molecular weight excluding hydrogens is 312 g/mol. The lowest BCUT2D eigenvalue weighted by atomic mass is 9.90. The Balaban J connectivity index is 1.83. The minimum absolute atomic E-state index is 0.214. The van der Waals surface area contributed by atoms with Gasteiger partial charge in [0, 0.05) is 24.2 Å². The van der Waals surface area contributed by atoms with Crippen LogP contribution in [0.1, 0.15) is 5.56 Å². The van der Waals surface area contributed by atoms with E-state index < -0.39 is 12.2 Å². The second kappa shape index (κ2) is 6.32. The van der Waals surface area contributed by atoms with Crippen molar-refractivity contribution in [1.29, 1.82) is 0 Å². The van der Waals surface area contributed by atoms with Crippen LogP contribution in [0.2, 0.25) is 0 Å². The van der Waals surface area contributed by atoms with Gasteiger partial charge in [0.15, 0.2) is 0 Å². The highest BCUT2D eigenvalue weighted by Crippen LogP contribution is 2.63. The molecule has 0 aromatic heterocycles. The van der Waals surface area contributed by atoms with Crippen LogP contribution >= 0.6 is 0 Å². The molecule has 1 saturated carbocycles. The van der Waals surface area contributed by atoms with Crippen molar-refractivity contribution in [2.75, 3.05) is 46.3 Å². The van der Waals surface area contributed by atoms with Crippen LogP contribution in [0.3, 0.4) is 0 Å². The molecule has 7 nitrogen and oxygen atoms in total. The fourth-order valence-electron chi connectivity index (χ4n) is 3.95. The summed E-state index contributed by atoms with van der Waals surface area (Å²) in [6.45, 7) is 2.21. The van der Waals surface area contributed by atoms with Crippen molar-refractivity contribution in [3.05, 3.63) is 29.8 Å². The highest BCUT2D eigenvalue weighted by Gasteiger charge is 2.69. The first kappa shape index (κ1) is 16.6. The zero-order valence-corrected chi connectivity index (χ0v) is 14.1. The zero-order chi connectivity index (χ0) is 17.3. The summed E-state index contributed by atoms with van der Waals surface area (Å²) in [4.78, 5) is 25.1. The predicted octanol–water partition coefficient (Wildman–Crippen LogP) is 2.08. The number of likely N-dealkylation sites (tertiary alicyclic amines) is 1. The van der Waals surface area contributed by atoms with Crippen LogP contribution in [0.4, 0.5) is 15.3 Å². The smallest absolute Gasteiger partial charge is 0.453 e. The number of amides is 1. The number of rotatable bonds is 4. The Morgan fingerprint density at radius 1 is 1.25 bits per heavy atom. The number of anilines is 1. The number of piperidine rings is 1. The number of fused-ring (bicyclic) bond motifs is 1. The number of carbonyl (C=O) groups is 2. The minimum atomic E-state index is -0.670. The molecule has 1 aliphatic carbocycles. The normalized spacial score (nSPS) is 28.0. The quantitative estimate of drug-likeness (QED) is 0.850. The van der Waals surface area contributed by atoms with Gasteiger partial charge in [-0.15, -0.1) is 0 Å². The number of ether oxygens (including phenoxy) is 3. The molecule has 1 aliphatic heterocycles. The van der Waals surface area contributed by atoms with Gasteiger partial charge in [0.2, 0.25) is 0 Å². The molecule has 130 valence electrons. The van der Waals surface area contributed by atoms with Crippen molar-refractivity contribution in [2.24, 2.45) is 11.8 Å². The van der Waals surface area contributed by atoms with E-state index in [2.05, 4.69) is 26.7 Å². The Kier molecular flexibility index (Phi) is 4.36. The summed E-state index contributed by atoms with van der Waals surface area (Å²) in [7, 11) is 4.72. The predicted molar refractivity (Wildman–Crippen MR) is 87.0 cm³/mol. The SMILES string of the molecule is COC(=O)Nc1cccc(C2(COC(=O)OC)C3CN(C)CC32)c1. The summed E-state index contributed by atoms with van der Waals surface area (Å²) in [5.74, 6) is 0.862. The van der Waals surface area contributed by atoms with Crippen molar-refractivity contribution in [1.82, 2.24) is 4.90 Å². The number of nitrogens with zero attached hydrogens (tertiary/aromatic N) is 1. The first-order valence-electron chi connectivity index (χ1n) is 7.86. The molecule has 1 saturated heterocycles. The molecule has 2 atom stereocenters. The number of carbonyl (C=O) groups excluding carboxylic acids is 2. The van der Waals surface area contributed by atoms with E-state index in [0.717, 1.165) is 18.7 Å². The molecule has 1 N–H and O–H groups in total. The number of methoxy groups -OCH3 is 2. The third kappa shape index (κ3) is 2.80. The van der Waals surface area contributed by atoms with Gasteiger partial charge in [-0.1, -0.05) is 12.1 Å². The van der Waals surface area contributed by atoms with Gasteiger partial charge < -0.3 is 19.1 Å². The van der Waals surface area contributed by atoms with Crippen molar-refractivity contribution < 1.29 is 23.8 Å². The first-order chi connectivity index (χ1) is 11.5. The monoisotopic (exact) mass is 334 g/mol. The van der Waals surface area contributed by atoms with Crippen LogP contribution in [0.15, 0.2) is 24.3 Å². The summed E-state index contributed by atoms with van der Waals surface area (Å²) in [5.41, 5.74) is 1.51. The van der Waals surface area contributed by atoms with Gasteiger partial charge in [-0.2, -0.15) is 0 Å². The number of hydrogen-bond donors (Lipinski definition) is 1. The lowest BCUT2D eigenvalue weighted by Crippen LogP contribution is -2.32. The Labute approximate surface area is 140 Å². The standard InChI is InChI=1S/C17H22N2O5/c1-19-8-13-14(9-19)17(13,10-24-16(21)23-3)11-5-4-6-12(7-11)18-15(20)22-2/h4-7,13-14H,8-10H2,1-3H3,(H,18,20). The second-order valence-electron chi connectivity index (χ2n) is 6.41. The number of hydrogen-bond acceptors (Lipinski definition) is 6. The van der Waals surface area contributed by atoms with Crippen LogP contribution < -0.4 is 5.32 Å². The molecule has 2 aliphatic rings. The molecule has 1 aromatic rings. The van der Waals surface area contributed by atoms with Gasteiger partial charge in [-0.05, 0) is 36.6 Å². The van der Waals surface area contributed by atoms with Crippen molar-refractivity contribution in [3.8, 4) is 0 Å². The molecule has 1 amide bonds. The maximum atomic E-state index is 11.4. The van der Waals surface area contributed by atoms with E-state index in [4.69, 9.17) is 4.74 Å². The Bertz CT molecular complexity index is 636. The number of nitrogens with one attached hydrogen (secondary N) is 1. The second-order valence-corrected chi connectivity index (χ2v) is 6.41. The minimum Gasteiger partial charge on any atom is -0.453 e. The fraction of sp³-hybridized carbons (Fsp3) is 0.529. The summed E-state index contributed by atoms with van der Waals surface area (Å²) in [5, 5.41) is 2.68. The molecule has 24 heavy (non-hydrogen) atoms. The molecule has 1 heterocycles. The average molecular weight is 334 g/mol. The van der Waals surface area contributed by atoms with Gasteiger partial charge in [-0.3, -0.25) is 5.32 Å². The lowest BCUT2D eigenvalue weighted by Gasteiger charge is -2.25.